The Morgan fingerprint density at radius 2 is 2.00 bits per heavy atom. The van der Waals surface area contributed by atoms with Gasteiger partial charge in [-0.1, -0.05) is 38.0 Å². The Balaban J connectivity index is 2.30. The molecule has 0 spiro atoms. The van der Waals surface area contributed by atoms with Crippen LogP contribution < -0.4 is 0 Å². The van der Waals surface area contributed by atoms with Crippen molar-refractivity contribution in [1.29, 1.82) is 0 Å². The van der Waals surface area contributed by atoms with Crippen molar-refractivity contribution >= 4 is 12.6 Å². The largest absolute Gasteiger partial charge is 0.303 e. The zero-order valence-corrected chi connectivity index (χ0v) is 14.5. The van der Waals surface area contributed by atoms with Crippen molar-refractivity contribution < 1.29 is 9.59 Å². The fourth-order valence-electron chi connectivity index (χ4n) is 5.05. The van der Waals surface area contributed by atoms with Gasteiger partial charge in [-0.3, -0.25) is 4.79 Å². The van der Waals surface area contributed by atoms with Gasteiger partial charge in [0.25, 0.3) is 0 Å². The van der Waals surface area contributed by atoms with Crippen molar-refractivity contribution in [2.45, 2.75) is 66.2 Å². The summed E-state index contributed by atoms with van der Waals surface area (Å²) in [5.41, 5.74) is 2.30. The fourth-order valence-corrected chi connectivity index (χ4v) is 5.05. The monoisotopic (exact) mass is 302 g/mol. The lowest BCUT2D eigenvalue weighted by Gasteiger charge is -2.56. The Bertz CT molecular complexity index is 498. The number of hydrogen-bond acceptors (Lipinski definition) is 2. The lowest BCUT2D eigenvalue weighted by Crippen LogP contribution is -2.50. The molecule has 4 atom stereocenters. The van der Waals surface area contributed by atoms with Gasteiger partial charge in [-0.15, -0.1) is 0 Å². The van der Waals surface area contributed by atoms with Crippen molar-refractivity contribution in [2.75, 3.05) is 0 Å². The van der Waals surface area contributed by atoms with E-state index in [0.29, 0.717) is 11.5 Å². The van der Waals surface area contributed by atoms with E-state index in [1.54, 1.807) is 0 Å². The molecule has 0 aromatic heterocycles. The molecular formula is C20H30O2. The van der Waals surface area contributed by atoms with E-state index in [0.717, 1.165) is 38.3 Å². The molecule has 2 nitrogen and oxygen atoms in total. The van der Waals surface area contributed by atoms with Gasteiger partial charge in [0.1, 0.15) is 12.6 Å². The Morgan fingerprint density at radius 1 is 1.27 bits per heavy atom. The second kappa shape index (κ2) is 6.52. The highest BCUT2D eigenvalue weighted by molar-refractivity contribution is 5.82. The van der Waals surface area contributed by atoms with Crippen LogP contribution in [0.2, 0.25) is 0 Å². The van der Waals surface area contributed by atoms with Crippen LogP contribution in [0.15, 0.2) is 23.3 Å². The fraction of sp³-hybridized carbons (Fsp3) is 0.700. The molecule has 0 aromatic rings. The van der Waals surface area contributed by atoms with Gasteiger partial charge in [0.15, 0.2) is 0 Å². The third kappa shape index (κ3) is 2.98. The van der Waals surface area contributed by atoms with Crippen molar-refractivity contribution in [3.05, 3.63) is 23.3 Å². The van der Waals surface area contributed by atoms with Gasteiger partial charge in [0, 0.05) is 5.92 Å². The Labute approximate surface area is 135 Å². The van der Waals surface area contributed by atoms with Crippen LogP contribution >= 0.6 is 0 Å². The van der Waals surface area contributed by atoms with Gasteiger partial charge in [0.05, 0.1) is 0 Å². The molecule has 0 bridgehead atoms. The maximum atomic E-state index is 11.7. The summed E-state index contributed by atoms with van der Waals surface area (Å²) in [7, 11) is 0. The number of carbonyl (C=O) groups is 2. The number of allylic oxidation sites excluding steroid dienone is 4. The van der Waals surface area contributed by atoms with Crippen LogP contribution in [-0.2, 0) is 9.59 Å². The van der Waals surface area contributed by atoms with Crippen LogP contribution in [-0.4, -0.2) is 12.6 Å². The van der Waals surface area contributed by atoms with Gasteiger partial charge in [0.2, 0.25) is 0 Å². The summed E-state index contributed by atoms with van der Waals surface area (Å²) in [6.07, 6.45) is 13.0. The second-order valence-electron chi connectivity index (χ2n) is 8.06. The maximum absolute atomic E-state index is 11.7. The molecule has 0 radical (unpaired) electrons. The summed E-state index contributed by atoms with van der Waals surface area (Å²) < 4.78 is 0. The predicted molar refractivity (Wildman–Crippen MR) is 90.5 cm³/mol. The molecule has 0 heterocycles. The van der Waals surface area contributed by atoms with Crippen LogP contribution in [0.1, 0.15) is 66.2 Å². The molecule has 22 heavy (non-hydrogen) atoms. The minimum absolute atomic E-state index is 0.0509. The molecule has 2 aliphatic carbocycles. The first-order valence-electron chi connectivity index (χ1n) is 8.61. The van der Waals surface area contributed by atoms with Crippen molar-refractivity contribution in [3.8, 4) is 0 Å². The summed E-state index contributed by atoms with van der Waals surface area (Å²) in [4.78, 5) is 23.0. The summed E-state index contributed by atoms with van der Waals surface area (Å²) in [5, 5.41) is 0. The summed E-state index contributed by atoms with van der Waals surface area (Å²) in [6, 6.07) is 0. The first-order valence-corrected chi connectivity index (χ1v) is 8.61. The molecule has 0 aromatic carbocycles. The average molecular weight is 302 g/mol. The SMILES string of the molecule is CC(C)=CCC[C@]1(C)CCC[C@]2(C)[C@H](C=O)C(C=O)=CC[C@H]12. The smallest absolute Gasteiger partial charge is 0.146 e. The lowest BCUT2D eigenvalue weighted by molar-refractivity contribution is -0.123. The average Bonchev–Trinajstić information content (AvgIpc) is 2.45. The standard InChI is InChI=1S/C20H30O2/c1-15(2)7-5-10-19(3)11-6-12-20(4)17(14-22)16(13-21)8-9-18(19)20/h7-8,13-14,17-18H,5-6,9-12H2,1-4H3/t17-,18-,19-,20-/m1/s1. The van der Waals surface area contributed by atoms with Crippen LogP contribution in [0.3, 0.4) is 0 Å². The van der Waals surface area contributed by atoms with Crippen LogP contribution in [0, 0.1) is 22.7 Å². The second-order valence-corrected chi connectivity index (χ2v) is 8.06. The van der Waals surface area contributed by atoms with E-state index in [1.165, 1.54) is 18.4 Å². The Hall–Kier alpha value is -1.18. The van der Waals surface area contributed by atoms with Gasteiger partial charge in [-0.25, -0.2) is 0 Å². The summed E-state index contributed by atoms with van der Waals surface area (Å²) in [5.74, 6) is 0.282. The van der Waals surface area contributed by atoms with E-state index >= 15 is 0 Å². The minimum atomic E-state index is -0.216. The molecular weight excluding hydrogens is 272 g/mol. The molecule has 122 valence electrons. The van der Waals surface area contributed by atoms with Crippen molar-refractivity contribution in [2.24, 2.45) is 22.7 Å². The first kappa shape index (κ1) is 17.2. The third-order valence-electron chi connectivity index (χ3n) is 6.30. The number of rotatable bonds is 5. The molecule has 2 rings (SSSR count). The van der Waals surface area contributed by atoms with Crippen molar-refractivity contribution in [3.63, 3.8) is 0 Å². The van der Waals surface area contributed by atoms with Gasteiger partial charge >= 0.3 is 0 Å². The highest BCUT2D eigenvalue weighted by Gasteiger charge is 2.53. The van der Waals surface area contributed by atoms with E-state index in [2.05, 4.69) is 33.8 Å². The third-order valence-corrected chi connectivity index (χ3v) is 6.30. The van der Waals surface area contributed by atoms with E-state index in [9.17, 15) is 9.59 Å². The number of fused-ring (bicyclic) bond motifs is 1. The van der Waals surface area contributed by atoms with Crippen LogP contribution in [0.25, 0.3) is 0 Å². The zero-order valence-electron chi connectivity index (χ0n) is 14.5. The van der Waals surface area contributed by atoms with E-state index in [-0.39, 0.29) is 16.7 Å². The van der Waals surface area contributed by atoms with E-state index < -0.39 is 0 Å². The molecule has 1 fully saturated rings. The Kier molecular flexibility index (Phi) is 5.09. The maximum Gasteiger partial charge on any atom is 0.146 e. The number of aldehydes is 2. The molecule has 2 heteroatoms. The van der Waals surface area contributed by atoms with Crippen molar-refractivity contribution in [1.82, 2.24) is 0 Å². The Morgan fingerprint density at radius 3 is 2.59 bits per heavy atom. The quantitative estimate of drug-likeness (QED) is 0.535. The molecule has 1 saturated carbocycles. The van der Waals surface area contributed by atoms with Gasteiger partial charge in [-0.05, 0) is 68.3 Å². The van der Waals surface area contributed by atoms with Gasteiger partial charge < -0.3 is 4.79 Å². The normalized spacial score (nSPS) is 37.7. The predicted octanol–water partition coefficient (Wildman–Crippen LogP) is 4.89. The topological polar surface area (TPSA) is 34.1 Å². The van der Waals surface area contributed by atoms with Crippen LogP contribution in [0.5, 0.6) is 0 Å². The highest BCUT2D eigenvalue weighted by Crippen LogP contribution is 2.60. The molecule has 0 saturated heterocycles. The molecule has 0 aliphatic heterocycles. The molecule has 2 aliphatic rings. The first-order chi connectivity index (χ1) is 10.4. The zero-order chi connectivity index (χ0) is 16.4. The molecule has 0 unspecified atom stereocenters. The molecule has 0 amide bonds. The summed E-state index contributed by atoms with van der Waals surface area (Å²) >= 11 is 0. The van der Waals surface area contributed by atoms with Gasteiger partial charge in [-0.2, -0.15) is 0 Å². The van der Waals surface area contributed by atoms with Crippen LogP contribution in [0.4, 0.5) is 0 Å². The number of hydrogen-bond donors (Lipinski definition) is 0. The van der Waals surface area contributed by atoms with E-state index in [4.69, 9.17) is 0 Å². The molecule has 0 N–H and O–H groups in total. The van der Waals surface area contributed by atoms with E-state index in [1.807, 2.05) is 6.08 Å². The highest BCUT2D eigenvalue weighted by atomic mass is 16.1. The lowest BCUT2D eigenvalue weighted by atomic mass is 9.47. The summed E-state index contributed by atoms with van der Waals surface area (Å²) in [6.45, 7) is 8.94. The minimum Gasteiger partial charge on any atom is -0.303 e. The number of carbonyl (C=O) groups excluding carboxylic acids is 2.